The van der Waals surface area contributed by atoms with E-state index in [1.54, 1.807) is 12.3 Å². The topological polar surface area (TPSA) is 29.9 Å². The Balaban J connectivity index is 1.92. The van der Waals surface area contributed by atoms with Crippen LogP contribution >= 0.6 is 15.9 Å². The van der Waals surface area contributed by atoms with E-state index in [9.17, 15) is 4.39 Å². The van der Waals surface area contributed by atoms with Gasteiger partial charge in [0.15, 0.2) is 0 Å². The molecule has 0 aliphatic heterocycles. The quantitative estimate of drug-likeness (QED) is 0.939. The molecule has 0 spiro atoms. The smallest absolute Gasteiger partial charge is 0.147 e. The van der Waals surface area contributed by atoms with Crippen LogP contribution in [-0.4, -0.2) is 16.1 Å². The number of benzene rings is 1. The molecule has 17 heavy (non-hydrogen) atoms. The Morgan fingerprint density at radius 1 is 1.47 bits per heavy atom. The number of hydrogen-bond donors (Lipinski definition) is 1. The van der Waals surface area contributed by atoms with Gasteiger partial charge in [0, 0.05) is 30.0 Å². The van der Waals surface area contributed by atoms with Crippen molar-refractivity contribution in [3.05, 3.63) is 46.7 Å². The van der Waals surface area contributed by atoms with Crippen LogP contribution in [0.15, 0.2) is 35.1 Å². The van der Waals surface area contributed by atoms with E-state index in [1.165, 1.54) is 6.07 Å². The number of anilines is 1. The summed E-state index contributed by atoms with van der Waals surface area (Å²) in [5, 5.41) is 3.06. The zero-order chi connectivity index (χ0) is 12.3. The molecule has 1 aromatic carbocycles. The van der Waals surface area contributed by atoms with Gasteiger partial charge in [-0.2, -0.15) is 0 Å². The Morgan fingerprint density at radius 2 is 2.29 bits per heavy atom. The maximum Gasteiger partial charge on any atom is 0.147 e. The fourth-order valence-corrected chi connectivity index (χ4v) is 1.92. The summed E-state index contributed by atoms with van der Waals surface area (Å²) >= 11 is 3.23. The zero-order valence-electron chi connectivity index (χ0n) is 9.45. The predicted molar refractivity (Wildman–Crippen MR) is 69.6 cm³/mol. The number of aryl methyl sites for hydroxylation is 1. The van der Waals surface area contributed by atoms with Crippen molar-refractivity contribution in [3.63, 3.8) is 0 Å². The van der Waals surface area contributed by atoms with Crippen molar-refractivity contribution >= 4 is 21.6 Å². The Morgan fingerprint density at radius 3 is 2.94 bits per heavy atom. The lowest BCUT2D eigenvalue weighted by Crippen LogP contribution is -2.11. The second-order valence-corrected chi connectivity index (χ2v) is 4.63. The van der Waals surface area contributed by atoms with Crippen molar-refractivity contribution in [2.75, 3.05) is 11.9 Å². The maximum absolute atomic E-state index is 13.5. The molecule has 0 saturated heterocycles. The third kappa shape index (κ3) is 3.06. The second-order valence-electron chi connectivity index (χ2n) is 3.72. The lowest BCUT2D eigenvalue weighted by atomic mass is 10.3. The molecular formula is C12H13BrFN3. The number of imidazole rings is 1. The summed E-state index contributed by atoms with van der Waals surface area (Å²) in [7, 11) is 0. The number of hydrogen-bond acceptors (Lipinski definition) is 2. The second kappa shape index (κ2) is 5.31. The highest BCUT2D eigenvalue weighted by Crippen LogP contribution is 2.19. The Hall–Kier alpha value is -1.36. The number of nitrogens with zero attached hydrogens (tertiary/aromatic N) is 2. The number of aromatic nitrogens is 2. The summed E-state index contributed by atoms with van der Waals surface area (Å²) in [6.45, 7) is 3.37. The van der Waals surface area contributed by atoms with Crippen LogP contribution in [0.2, 0.25) is 0 Å². The summed E-state index contributed by atoms with van der Waals surface area (Å²) in [5.74, 6) is 0.713. The SMILES string of the molecule is Cc1nccn1CCNc1ccc(Br)cc1F. The minimum Gasteiger partial charge on any atom is -0.381 e. The van der Waals surface area contributed by atoms with Gasteiger partial charge in [0.1, 0.15) is 11.6 Å². The van der Waals surface area contributed by atoms with E-state index >= 15 is 0 Å². The maximum atomic E-state index is 13.5. The van der Waals surface area contributed by atoms with Crippen molar-refractivity contribution in [3.8, 4) is 0 Å². The van der Waals surface area contributed by atoms with Gasteiger partial charge in [0.2, 0.25) is 0 Å². The van der Waals surface area contributed by atoms with Gasteiger partial charge >= 0.3 is 0 Å². The van der Waals surface area contributed by atoms with E-state index in [0.717, 1.165) is 16.8 Å². The van der Waals surface area contributed by atoms with Crippen molar-refractivity contribution in [2.45, 2.75) is 13.5 Å². The molecule has 0 amide bonds. The fraction of sp³-hybridized carbons (Fsp3) is 0.250. The van der Waals surface area contributed by atoms with Crippen LogP contribution in [0.1, 0.15) is 5.82 Å². The summed E-state index contributed by atoms with van der Waals surface area (Å²) in [4.78, 5) is 4.13. The first-order chi connectivity index (χ1) is 8.16. The average Bonchev–Trinajstić information content (AvgIpc) is 2.68. The van der Waals surface area contributed by atoms with Gasteiger partial charge in [0.25, 0.3) is 0 Å². The van der Waals surface area contributed by atoms with Crippen LogP contribution in [0, 0.1) is 12.7 Å². The van der Waals surface area contributed by atoms with Crippen molar-refractivity contribution in [1.82, 2.24) is 9.55 Å². The van der Waals surface area contributed by atoms with Gasteiger partial charge in [-0.25, -0.2) is 9.37 Å². The highest BCUT2D eigenvalue weighted by atomic mass is 79.9. The molecule has 0 unspecified atom stereocenters. The third-order valence-electron chi connectivity index (χ3n) is 2.52. The summed E-state index contributed by atoms with van der Waals surface area (Å²) < 4.78 is 16.2. The monoisotopic (exact) mass is 297 g/mol. The molecule has 0 bridgehead atoms. The minimum absolute atomic E-state index is 0.248. The Kier molecular flexibility index (Phi) is 3.78. The first-order valence-corrected chi connectivity index (χ1v) is 6.13. The van der Waals surface area contributed by atoms with Crippen molar-refractivity contribution in [1.29, 1.82) is 0 Å². The lowest BCUT2D eigenvalue weighted by Gasteiger charge is -2.09. The van der Waals surface area contributed by atoms with E-state index in [4.69, 9.17) is 0 Å². The van der Waals surface area contributed by atoms with Crippen LogP contribution < -0.4 is 5.32 Å². The average molecular weight is 298 g/mol. The van der Waals surface area contributed by atoms with E-state index in [0.29, 0.717) is 12.2 Å². The zero-order valence-corrected chi connectivity index (χ0v) is 11.0. The normalized spacial score (nSPS) is 10.5. The van der Waals surface area contributed by atoms with Crippen molar-refractivity contribution < 1.29 is 4.39 Å². The van der Waals surface area contributed by atoms with Gasteiger partial charge in [-0.15, -0.1) is 0 Å². The molecule has 0 atom stereocenters. The Labute approximate surface area is 108 Å². The van der Waals surface area contributed by atoms with E-state index in [1.807, 2.05) is 23.8 Å². The highest BCUT2D eigenvalue weighted by molar-refractivity contribution is 9.10. The van der Waals surface area contributed by atoms with Crippen LogP contribution in [0.5, 0.6) is 0 Å². The van der Waals surface area contributed by atoms with E-state index in [2.05, 4.69) is 26.2 Å². The molecule has 0 aliphatic rings. The van der Waals surface area contributed by atoms with Crippen LogP contribution in [0.3, 0.4) is 0 Å². The van der Waals surface area contributed by atoms with Crippen molar-refractivity contribution in [2.24, 2.45) is 0 Å². The third-order valence-corrected chi connectivity index (χ3v) is 3.02. The molecule has 5 heteroatoms. The predicted octanol–water partition coefficient (Wildman–Crippen LogP) is 3.21. The molecule has 2 rings (SSSR count). The highest BCUT2D eigenvalue weighted by Gasteiger charge is 2.02. The van der Waals surface area contributed by atoms with Crippen LogP contribution in [-0.2, 0) is 6.54 Å². The molecule has 2 aromatic rings. The molecular weight excluding hydrogens is 285 g/mol. The summed E-state index contributed by atoms with van der Waals surface area (Å²) in [6, 6.07) is 4.98. The minimum atomic E-state index is -0.248. The molecule has 1 heterocycles. The lowest BCUT2D eigenvalue weighted by molar-refractivity contribution is 0.626. The van der Waals surface area contributed by atoms with Crippen LogP contribution in [0.25, 0.3) is 0 Å². The summed E-state index contributed by atoms with van der Waals surface area (Å²) in [5.41, 5.74) is 0.519. The van der Waals surface area contributed by atoms with Gasteiger partial charge < -0.3 is 9.88 Å². The largest absolute Gasteiger partial charge is 0.381 e. The first-order valence-electron chi connectivity index (χ1n) is 5.33. The molecule has 0 aliphatic carbocycles. The number of nitrogens with one attached hydrogen (secondary N) is 1. The van der Waals surface area contributed by atoms with E-state index in [-0.39, 0.29) is 5.82 Å². The van der Waals surface area contributed by atoms with Gasteiger partial charge in [-0.05, 0) is 25.1 Å². The molecule has 0 radical (unpaired) electrons. The summed E-state index contributed by atoms with van der Waals surface area (Å²) in [6.07, 6.45) is 3.67. The van der Waals surface area contributed by atoms with E-state index < -0.39 is 0 Å². The molecule has 0 fully saturated rings. The van der Waals surface area contributed by atoms with Gasteiger partial charge in [-0.1, -0.05) is 15.9 Å². The molecule has 90 valence electrons. The fourth-order valence-electron chi connectivity index (χ4n) is 1.58. The first kappa shape index (κ1) is 12.1. The standard InChI is InChI=1S/C12H13BrFN3/c1-9-15-4-6-17(9)7-5-16-12-3-2-10(13)8-11(12)14/h2-4,6,8,16H,5,7H2,1H3. The van der Waals surface area contributed by atoms with Gasteiger partial charge in [0.05, 0.1) is 5.69 Å². The number of rotatable bonds is 4. The molecule has 3 nitrogen and oxygen atoms in total. The molecule has 1 N–H and O–H groups in total. The Bertz CT molecular complexity index is 510. The number of halogens is 2. The molecule has 1 aromatic heterocycles. The molecule has 0 saturated carbocycles. The van der Waals surface area contributed by atoms with Crippen LogP contribution in [0.4, 0.5) is 10.1 Å². The van der Waals surface area contributed by atoms with Gasteiger partial charge in [-0.3, -0.25) is 0 Å².